The van der Waals surface area contributed by atoms with Crippen molar-refractivity contribution in [2.75, 3.05) is 0 Å². The standard InChI is InChI=1S/Na.4H4O7P2.10H2O/c;4*1-8(2,3)7-9(4,5)6;;;;;;;;;;/h;4*(H2,1,2,3)(H2,4,5,6);10*1H2. The van der Waals surface area contributed by atoms with Gasteiger partial charge < -0.3 is 133 Å². The Morgan fingerprint density at radius 1 is 0.213 bits per heavy atom. The van der Waals surface area contributed by atoms with Gasteiger partial charge in [0.15, 0.2) is 0 Å². The monoisotopic (exact) mass is 915 g/mol. The van der Waals surface area contributed by atoms with E-state index in [9.17, 15) is 36.5 Å². The van der Waals surface area contributed by atoms with Crippen LogP contribution in [0.1, 0.15) is 0 Å². The van der Waals surface area contributed by atoms with Crippen molar-refractivity contribution in [3.8, 4) is 0 Å². The normalized spacial score (nSPS) is 10.6. The summed E-state index contributed by atoms with van der Waals surface area (Å²) in [6.45, 7) is 0. The molecule has 1 radical (unpaired) electrons. The molecule has 0 saturated heterocycles. The minimum atomic E-state index is -5.05. The fourth-order valence-electron chi connectivity index (χ4n) is 0.554. The number of rotatable bonds is 8. The second-order valence-corrected chi connectivity index (χ2v) is 14.7. The molecule has 0 aromatic carbocycles. The summed E-state index contributed by atoms with van der Waals surface area (Å²) in [6, 6.07) is 0. The molecule has 47 heavy (non-hydrogen) atoms. The van der Waals surface area contributed by atoms with Crippen molar-refractivity contribution in [2.45, 2.75) is 0 Å². The first-order valence-electron chi connectivity index (χ1n) is 6.12. The summed E-state index contributed by atoms with van der Waals surface area (Å²) in [4.78, 5) is 124. The van der Waals surface area contributed by atoms with Crippen LogP contribution >= 0.6 is 62.6 Å². The maximum absolute atomic E-state index is 9.63. The van der Waals surface area contributed by atoms with Gasteiger partial charge in [0.1, 0.15) is 0 Å². The molecule has 0 fully saturated rings. The van der Waals surface area contributed by atoms with Crippen LogP contribution in [0.2, 0.25) is 0 Å². The molecule has 38 nitrogen and oxygen atoms in total. The third kappa shape index (κ3) is 151. The van der Waals surface area contributed by atoms with Crippen LogP contribution in [0.3, 0.4) is 0 Å². The van der Waals surface area contributed by atoms with E-state index < -0.39 is 62.6 Å². The van der Waals surface area contributed by atoms with E-state index in [0.717, 1.165) is 0 Å². The van der Waals surface area contributed by atoms with Gasteiger partial charge in [0.25, 0.3) is 0 Å². The molecule has 0 unspecified atom stereocenters. The Kier molecular flexibility index (Phi) is 74.8. The van der Waals surface area contributed by atoms with Crippen LogP contribution < -0.4 is 0 Å². The summed E-state index contributed by atoms with van der Waals surface area (Å²) in [7, 11) is -40.4. The second kappa shape index (κ2) is 36.0. The molecule has 47 heteroatoms. The molecule has 36 N–H and O–H groups in total. The average Bonchev–Trinajstić information content (AvgIpc) is 2.19. The van der Waals surface area contributed by atoms with Crippen molar-refractivity contribution < 1.29 is 187 Å². The van der Waals surface area contributed by atoms with Crippen LogP contribution in [0.15, 0.2) is 0 Å². The van der Waals surface area contributed by atoms with Crippen molar-refractivity contribution in [1.29, 1.82) is 0 Å². The number of hydrogen-bond acceptors (Lipinski definition) is 12. The largest absolute Gasteiger partial charge is 0.478 e. The van der Waals surface area contributed by atoms with Crippen LogP contribution in [0.4, 0.5) is 0 Å². The molecule has 0 aliphatic heterocycles. The van der Waals surface area contributed by atoms with Crippen molar-refractivity contribution >= 4 is 92.1 Å². The predicted octanol–water partition coefficient (Wildman–Crippen LogP) is -11.9. The Morgan fingerprint density at radius 3 is 0.255 bits per heavy atom. The van der Waals surface area contributed by atoms with Crippen LogP contribution in [-0.4, -0.2) is 163 Å². The molecule has 0 atom stereocenters. The fraction of sp³-hybridized carbons (Fsp3) is 0. The molecular formula is H36NaO38P8. The van der Waals surface area contributed by atoms with Gasteiger partial charge in [0.2, 0.25) is 0 Å². The van der Waals surface area contributed by atoms with Crippen molar-refractivity contribution in [2.24, 2.45) is 0 Å². The molecule has 0 rings (SSSR count). The zero-order valence-corrected chi connectivity index (χ0v) is 30.8. The maximum Gasteiger partial charge on any atom is 0.478 e. The van der Waals surface area contributed by atoms with Crippen LogP contribution in [0.5, 0.6) is 0 Å². The van der Waals surface area contributed by atoms with E-state index in [4.69, 9.17) is 78.3 Å². The molecular weight excluding hydrogens is 879 g/mol. The van der Waals surface area contributed by atoms with Gasteiger partial charge in [-0.2, -0.15) is 17.2 Å². The van der Waals surface area contributed by atoms with Crippen molar-refractivity contribution in [1.82, 2.24) is 0 Å². The second-order valence-electron chi connectivity index (χ2n) is 4.25. The molecule has 0 amide bonds. The Balaban J connectivity index is -0.0000000207. The van der Waals surface area contributed by atoms with Gasteiger partial charge in [0, 0.05) is 29.6 Å². The Labute approximate surface area is 278 Å². The van der Waals surface area contributed by atoms with E-state index in [-0.39, 0.29) is 84.3 Å². The molecule has 0 aliphatic rings. The summed E-state index contributed by atoms with van der Waals surface area (Å²) in [5.41, 5.74) is 0. The van der Waals surface area contributed by atoms with Gasteiger partial charge in [-0.1, -0.05) is 0 Å². The van der Waals surface area contributed by atoms with Crippen LogP contribution in [0, 0.1) is 0 Å². The minimum Gasteiger partial charge on any atom is -0.412 e. The van der Waals surface area contributed by atoms with Crippen LogP contribution in [0.25, 0.3) is 0 Å². The quantitative estimate of drug-likeness (QED) is 0.0794. The summed E-state index contributed by atoms with van der Waals surface area (Å²) in [6.07, 6.45) is 0. The summed E-state index contributed by atoms with van der Waals surface area (Å²) in [5.74, 6) is 0. The van der Waals surface area contributed by atoms with E-state index in [1.54, 1.807) is 0 Å². The molecule has 0 heterocycles. The van der Waals surface area contributed by atoms with Crippen molar-refractivity contribution in [3.05, 3.63) is 0 Å². The molecule has 0 spiro atoms. The van der Waals surface area contributed by atoms with E-state index in [1.165, 1.54) is 0 Å². The van der Waals surface area contributed by atoms with E-state index in [1.807, 2.05) is 0 Å². The fourth-order valence-corrected chi connectivity index (χ4v) is 4.99. The Hall–Kier alpha value is 1.64. The first-order valence-corrected chi connectivity index (χ1v) is 18.4. The van der Waals surface area contributed by atoms with Gasteiger partial charge in [0.05, 0.1) is 0 Å². The van der Waals surface area contributed by atoms with Gasteiger partial charge in [-0.05, 0) is 0 Å². The molecule has 0 aromatic heterocycles. The van der Waals surface area contributed by atoms with E-state index in [2.05, 4.69) is 17.2 Å². The van der Waals surface area contributed by atoms with Gasteiger partial charge >= 0.3 is 62.6 Å². The molecule has 0 bridgehead atoms. The maximum atomic E-state index is 9.63. The molecule has 0 aliphatic carbocycles. The van der Waals surface area contributed by atoms with Crippen molar-refractivity contribution in [3.63, 3.8) is 0 Å². The summed E-state index contributed by atoms with van der Waals surface area (Å²) in [5, 5.41) is 0. The van der Waals surface area contributed by atoms with Crippen LogP contribution in [-0.2, 0) is 53.8 Å². The Morgan fingerprint density at radius 2 is 0.255 bits per heavy atom. The molecule has 0 saturated carbocycles. The molecule has 305 valence electrons. The first-order chi connectivity index (χ1) is 14.8. The third-order valence-corrected chi connectivity index (χ3v) is 7.66. The first kappa shape index (κ1) is 97.5. The Bertz CT molecular complexity index is 768. The molecule has 0 aromatic rings. The van der Waals surface area contributed by atoms with Gasteiger partial charge in [-0.25, -0.2) is 36.5 Å². The van der Waals surface area contributed by atoms with Gasteiger partial charge in [-0.3, -0.25) is 0 Å². The summed E-state index contributed by atoms with van der Waals surface area (Å²) < 4.78 is 88.8. The average molecular weight is 915 g/mol. The minimum absolute atomic E-state index is 0. The van der Waals surface area contributed by atoms with Gasteiger partial charge in [-0.15, -0.1) is 0 Å². The number of phosphoric acid groups is 8. The third-order valence-electron chi connectivity index (χ3n) is 0.851. The zero-order chi connectivity index (χ0) is 30.8. The summed E-state index contributed by atoms with van der Waals surface area (Å²) >= 11 is 0. The van der Waals surface area contributed by atoms with E-state index in [0.29, 0.717) is 0 Å². The zero-order valence-electron chi connectivity index (χ0n) is 21.6. The van der Waals surface area contributed by atoms with E-state index >= 15 is 0 Å². The predicted molar refractivity (Wildman–Crippen MR) is 143 cm³/mol. The SMILES string of the molecule is O.O.O.O.O.O.O.O.O.O.O=P(O)(O)OP(=O)(O)O.O=P(O)(O)OP(=O)(O)O.O=P(O)(O)OP(=O)(O)O.O=P(O)(O)OP(=O)(O)O.[Na]. The number of hydrogen-bond donors (Lipinski definition) is 16. The topological polar surface area (TPSA) is 812 Å². The smallest absolute Gasteiger partial charge is 0.412 e.